The van der Waals surface area contributed by atoms with Gasteiger partial charge in [0.05, 0.1) is 22.9 Å². The van der Waals surface area contributed by atoms with Gasteiger partial charge in [-0.1, -0.05) is 0 Å². The smallest absolute Gasteiger partial charge is 0.339 e. The highest BCUT2D eigenvalue weighted by atomic mass is 16.4. The van der Waals surface area contributed by atoms with E-state index in [0.29, 0.717) is 0 Å². The third-order valence-corrected chi connectivity index (χ3v) is 5.39. The van der Waals surface area contributed by atoms with E-state index in [4.69, 9.17) is 4.98 Å². The van der Waals surface area contributed by atoms with Crippen LogP contribution in [0.4, 0.5) is 0 Å². The monoisotopic (exact) mass is 359 g/mol. The van der Waals surface area contributed by atoms with Crippen LogP contribution in [-0.2, 0) is 12.8 Å². The van der Waals surface area contributed by atoms with E-state index in [1.807, 2.05) is 18.3 Å². The second kappa shape index (κ2) is 5.81. The minimum absolute atomic E-state index is 0.107. The number of nitrogens with zero attached hydrogens (tertiary/aromatic N) is 2. The van der Waals surface area contributed by atoms with Gasteiger partial charge >= 0.3 is 5.97 Å². The number of nitrogens with one attached hydrogen (secondary N) is 1. The summed E-state index contributed by atoms with van der Waals surface area (Å²) in [6.45, 7) is 0. The SMILES string of the molecule is O=C(O)c1cc(-c2nc3ccc4[nH]ncc4c3c3c2CCCC3)ccc1O. The zero-order valence-corrected chi connectivity index (χ0v) is 14.5. The highest BCUT2D eigenvalue weighted by Gasteiger charge is 2.22. The van der Waals surface area contributed by atoms with Gasteiger partial charge in [0.1, 0.15) is 11.3 Å². The first kappa shape index (κ1) is 15.8. The van der Waals surface area contributed by atoms with Crippen LogP contribution in [0.3, 0.4) is 0 Å². The summed E-state index contributed by atoms with van der Waals surface area (Å²) in [6, 6.07) is 8.63. The first-order valence-corrected chi connectivity index (χ1v) is 8.97. The normalized spacial score (nSPS) is 13.8. The molecule has 6 heteroatoms. The number of hydrogen-bond donors (Lipinski definition) is 3. The second-order valence-corrected chi connectivity index (χ2v) is 6.95. The maximum atomic E-state index is 11.4. The largest absolute Gasteiger partial charge is 0.507 e. The molecule has 0 unspecified atom stereocenters. The Kier molecular flexibility index (Phi) is 3.40. The van der Waals surface area contributed by atoms with Crippen LogP contribution in [0, 0.1) is 0 Å². The van der Waals surface area contributed by atoms with Gasteiger partial charge in [-0.25, -0.2) is 9.78 Å². The number of hydrogen-bond acceptors (Lipinski definition) is 4. The van der Waals surface area contributed by atoms with Crippen molar-refractivity contribution in [2.24, 2.45) is 0 Å². The first-order chi connectivity index (χ1) is 13.1. The van der Waals surface area contributed by atoms with Gasteiger partial charge in [0.25, 0.3) is 0 Å². The standard InChI is InChI=1S/C21H17N3O3/c25-18-8-5-11(9-14(18)21(26)27)20-13-4-2-1-3-12(13)19-15-10-22-24-16(15)6-7-17(19)23-20/h5-10,25H,1-4H2,(H,22,24)(H,26,27). The van der Waals surface area contributed by atoms with Crippen molar-refractivity contribution < 1.29 is 15.0 Å². The van der Waals surface area contributed by atoms with E-state index >= 15 is 0 Å². The molecule has 2 aromatic carbocycles. The number of phenols is 1. The average molecular weight is 359 g/mol. The molecular weight excluding hydrogens is 342 g/mol. The molecule has 0 radical (unpaired) electrons. The molecule has 2 heterocycles. The van der Waals surface area contributed by atoms with Crippen LogP contribution in [0.25, 0.3) is 33.1 Å². The van der Waals surface area contributed by atoms with Crippen LogP contribution in [-0.4, -0.2) is 31.4 Å². The molecule has 0 fully saturated rings. The fraction of sp³-hybridized carbons (Fsp3) is 0.190. The number of aromatic nitrogens is 3. The molecule has 0 aliphatic heterocycles. The summed E-state index contributed by atoms with van der Waals surface area (Å²) in [5, 5.41) is 28.6. The van der Waals surface area contributed by atoms with Crippen molar-refractivity contribution in [3.63, 3.8) is 0 Å². The average Bonchev–Trinajstić information content (AvgIpc) is 3.16. The number of pyridine rings is 1. The Hall–Kier alpha value is -3.41. The van der Waals surface area contributed by atoms with Crippen molar-refractivity contribution in [2.75, 3.05) is 0 Å². The Morgan fingerprint density at radius 3 is 2.70 bits per heavy atom. The molecule has 134 valence electrons. The number of H-pyrrole nitrogens is 1. The summed E-state index contributed by atoms with van der Waals surface area (Å²) in [4.78, 5) is 16.3. The zero-order valence-electron chi connectivity index (χ0n) is 14.5. The van der Waals surface area contributed by atoms with Crippen LogP contribution < -0.4 is 0 Å². The zero-order chi connectivity index (χ0) is 18.5. The molecule has 0 spiro atoms. The van der Waals surface area contributed by atoms with E-state index in [1.165, 1.54) is 23.3 Å². The van der Waals surface area contributed by atoms with E-state index in [2.05, 4.69) is 10.2 Å². The molecule has 3 N–H and O–H groups in total. The van der Waals surface area contributed by atoms with E-state index in [-0.39, 0.29) is 11.3 Å². The van der Waals surface area contributed by atoms with E-state index < -0.39 is 5.97 Å². The lowest BCUT2D eigenvalue weighted by atomic mass is 9.85. The first-order valence-electron chi connectivity index (χ1n) is 8.97. The van der Waals surface area contributed by atoms with E-state index in [9.17, 15) is 15.0 Å². The van der Waals surface area contributed by atoms with Gasteiger partial charge in [0.2, 0.25) is 0 Å². The number of aromatic carboxylic acids is 1. The van der Waals surface area contributed by atoms with E-state index in [0.717, 1.165) is 58.7 Å². The van der Waals surface area contributed by atoms with Gasteiger partial charge in [0, 0.05) is 16.3 Å². The fourth-order valence-electron chi connectivity index (χ4n) is 4.14. The highest BCUT2D eigenvalue weighted by molar-refractivity contribution is 6.07. The lowest BCUT2D eigenvalue weighted by Gasteiger charge is -2.22. The molecule has 5 rings (SSSR count). The number of aryl methyl sites for hydroxylation is 1. The minimum Gasteiger partial charge on any atom is -0.507 e. The molecule has 1 aliphatic carbocycles. The van der Waals surface area contributed by atoms with Gasteiger partial charge in [0.15, 0.2) is 0 Å². The lowest BCUT2D eigenvalue weighted by Crippen LogP contribution is -2.08. The highest BCUT2D eigenvalue weighted by Crippen LogP contribution is 2.38. The quantitative estimate of drug-likeness (QED) is 0.501. The molecule has 27 heavy (non-hydrogen) atoms. The third kappa shape index (κ3) is 2.37. The van der Waals surface area contributed by atoms with Crippen molar-refractivity contribution in [3.05, 3.63) is 53.2 Å². The summed E-state index contributed by atoms with van der Waals surface area (Å²) in [5.41, 5.74) is 5.74. The van der Waals surface area contributed by atoms with E-state index in [1.54, 1.807) is 6.07 Å². The summed E-state index contributed by atoms with van der Waals surface area (Å²) in [5.74, 6) is -1.38. The molecule has 6 nitrogen and oxygen atoms in total. The van der Waals surface area contributed by atoms with Crippen molar-refractivity contribution in [3.8, 4) is 17.0 Å². The Morgan fingerprint density at radius 1 is 1.07 bits per heavy atom. The Balaban J connectivity index is 1.85. The third-order valence-electron chi connectivity index (χ3n) is 5.39. The molecular formula is C21H17N3O3. The molecule has 2 aromatic heterocycles. The van der Waals surface area contributed by atoms with Crippen LogP contribution in [0.5, 0.6) is 5.75 Å². The van der Waals surface area contributed by atoms with Gasteiger partial charge in [-0.3, -0.25) is 5.10 Å². The molecule has 0 amide bonds. The van der Waals surface area contributed by atoms with Crippen LogP contribution in [0.2, 0.25) is 0 Å². The Labute approximate surface area is 154 Å². The fourth-order valence-corrected chi connectivity index (χ4v) is 4.14. The van der Waals surface area contributed by atoms with Gasteiger partial charge in [-0.2, -0.15) is 5.10 Å². The number of rotatable bonds is 2. The topological polar surface area (TPSA) is 99.1 Å². The van der Waals surface area contributed by atoms with Gasteiger partial charge < -0.3 is 10.2 Å². The number of aromatic hydroxyl groups is 1. The molecule has 0 saturated heterocycles. The summed E-state index contributed by atoms with van der Waals surface area (Å²) < 4.78 is 0. The second-order valence-electron chi connectivity index (χ2n) is 6.95. The van der Waals surface area contributed by atoms with Gasteiger partial charge in [-0.05, 0) is 67.1 Å². The Bertz CT molecular complexity index is 1230. The van der Waals surface area contributed by atoms with Crippen molar-refractivity contribution in [1.29, 1.82) is 0 Å². The number of benzene rings is 2. The summed E-state index contributed by atoms with van der Waals surface area (Å²) in [6.07, 6.45) is 5.92. The molecule has 0 saturated carbocycles. The lowest BCUT2D eigenvalue weighted by molar-refractivity contribution is 0.0694. The predicted molar refractivity (Wildman–Crippen MR) is 102 cm³/mol. The van der Waals surface area contributed by atoms with Crippen LogP contribution in [0.15, 0.2) is 36.5 Å². The number of carboxylic acid groups (broad SMARTS) is 1. The summed E-state index contributed by atoms with van der Waals surface area (Å²) >= 11 is 0. The van der Waals surface area contributed by atoms with Crippen LogP contribution in [0.1, 0.15) is 34.3 Å². The van der Waals surface area contributed by atoms with Crippen molar-refractivity contribution in [2.45, 2.75) is 25.7 Å². The maximum Gasteiger partial charge on any atom is 0.339 e. The maximum absolute atomic E-state index is 11.4. The predicted octanol–water partition coefficient (Wildman–Crippen LogP) is 4.06. The Morgan fingerprint density at radius 2 is 1.89 bits per heavy atom. The number of fused-ring (bicyclic) bond motifs is 5. The van der Waals surface area contributed by atoms with Crippen molar-refractivity contribution in [1.82, 2.24) is 15.2 Å². The van der Waals surface area contributed by atoms with Crippen LogP contribution >= 0.6 is 0 Å². The van der Waals surface area contributed by atoms with Crippen molar-refractivity contribution >= 4 is 27.8 Å². The number of carbonyl (C=O) groups is 1. The molecule has 4 aromatic rings. The number of aromatic amines is 1. The molecule has 0 bridgehead atoms. The van der Waals surface area contributed by atoms with Gasteiger partial charge in [-0.15, -0.1) is 0 Å². The molecule has 0 atom stereocenters. The summed E-state index contributed by atoms with van der Waals surface area (Å²) in [7, 11) is 0. The molecule has 1 aliphatic rings. The minimum atomic E-state index is -1.15. The number of carboxylic acids is 1.